The van der Waals surface area contributed by atoms with Gasteiger partial charge in [0.25, 0.3) is 0 Å². The van der Waals surface area contributed by atoms with Crippen LogP contribution in [0.3, 0.4) is 0 Å². The van der Waals surface area contributed by atoms with E-state index in [1.54, 1.807) is 0 Å². The molecule has 1 saturated heterocycles. The highest BCUT2D eigenvalue weighted by Crippen LogP contribution is 2.34. The van der Waals surface area contributed by atoms with Crippen LogP contribution < -0.4 is 5.32 Å². The molecule has 0 aromatic heterocycles. The maximum absolute atomic E-state index is 12.1. The highest BCUT2D eigenvalue weighted by molar-refractivity contribution is 5.81. The van der Waals surface area contributed by atoms with E-state index in [-0.39, 0.29) is 0 Å². The molecule has 144 valence electrons. The molecule has 0 bridgehead atoms. The third kappa shape index (κ3) is 4.86. The quantitative estimate of drug-likeness (QED) is 0.302. The second-order valence-corrected chi connectivity index (χ2v) is 5.66. The number of hydrogen-bond donors (Lipinski definition) is 5. The Labute approximate surface area is 143 Å². The average molecular weight is 365 g/mol. The van der Waals surface area contributed by atoms with Crippen molar-refractivity contribution in [1.82, 2.24) is 5.32 Å². The van der Waals surface area contributed by atoms with Gasteiger partial charge in [-0.2, -0.15) is 0 Å². The van der Waals surface area contributed by atoms with Crippen LogP contribution in [0.25, 0.3) is 0 Å². The molecule has 0 saturated carbocycles. The van der Waals surface area contributed by atoms with E-state index in [0.29, 0.717) is 0 Å². The van der Waals surface area contributed by atoms with Crippen LogP contribution in [0, 0.1) is 0 Å². The fraction of sp³-hybridized carbons (Fsp3) is 0.786. The molecule has 1 fully saturated rings. The smallest absolute Gasteiger partial charge is 0.379 e. The maximum Gasteiger partial charge on any atom is 0.379 e. The lowest BCUT2D eigenvalue weighted by atomic mass is 9.88. The zero-order valence-corrected chi connectivity index (χ0v) is 14.0. The van der Waals surface area contributed by atoms with Gasteiger partial charge in [-0.3, -0.25) is 9.59 Å². The van der Waals surface area contributed by atoms with E-state index in [9.17, 15) is 29.7 Å². The molecule has 1 heterocycles. The molecule has 0 spiro atoms. The molecule has 6 atom stereocenters. The zero-order chi connectivity index (χ0) is 19.4. The number of methoxy groups -OCH3 is 1. The SMILES string of the molecule is COC(=O)[C@]1(OC(C)=O)C[C@H](O)[C@@H](NC(C)=O)[C@H]([C@H](O)[C@H](O)CO)O1. The summed E-state index contributed by atoms with van der Waals surface area (Å²) in [4.78, 5) is 34.8. The highest BCUT2D eigenvalue weighted by atomic mass is 16.8. The Morgan fingerprint density at radius 3 is 2.36 bits per heavy atom. The topological polar surface area (TPSA) is 172 Å². The Morgan fingerprint density at radius 2 is 1.92 bits per heavy atom. The number of aliphatic hydroxyl groups excluding tert-OH is 4. The fourth-order valence-corrected chi connectivity index (χ4v) is 2.61. The molecule has 0 aliphatic carbocycles. The van der Waals surface area contributed by atoms with Gasteiger partial charge < -0.3 is 40.0 Å². The zero-order valence-electron chi connectivity index (χ0n) is 14.0. The predicted octanol–water partition coefficient (Wildman–Crippen LogP) is -3.21. The first-order valence-electron chi connectivity index (χ1n) is 7.46. The third-order valence-corrected chi connectivity index (χ3v) is 3.67. The Balaban J connectivity index is 3.28. The van der Waals surface area contributed by atoms with Crippen molar-refractivity contribution in [2.45, 2.75) is 56.5 Å². The molecular weight excluding hydrogens is 342 g/mol. The Morgan fingerprint density at radius 1 is 1.32 bits per heavy atom. The molecule has 0 unspecified atom stereocenters. The molecule has 0 aromatic rings. The van der Waals surface area contributed by atoms with Gasteiger partial charge in [0.15, 0.2) is 0 Å². The molecular formula is C14H23NO10. The summed E-state index contributed by atoms with van der Waals surface area (Å²) in [6, 6.07) is -1.25. The minimum Gasteiger partial charge on any atom is -0.464 e. The van der Waals surface area contributed by atoms with E-state index in [1.165, 1.54) is 0 Å². The summed E-state index contributed by atoms with van der Waals surface area (Å²) < 4.78 is 14.8. The van der Waals surface area contributed by atoms with Crippen LogP contribution in [-0.2, 0) is 28.6 Å². The molecule has 11 nitrogen and oxygen atoms in total. The summed E-state index contributed by atoms with van der Waals surface area (Å²) in [6.45, 7) is 1.28. The van der Waals surface area contributed by atoms with E-state index in [0.717, 1.165) is 21.0 Å². The van der Waals surface area contributed by atoms with Crippen LogP contribution in [0.1, 0.15) is 20.3 Å². The number of nitrogens with one attached hydrogen (secondary N) is 1. The molecule has 1 aliphatic rings. The summed E-state index contributed by atoms with van der Waals surface area (Å²) in [5.74, 6) is -5.04. The van der Waals surface area contributed by atoms with Crippen LogP contribution in [-0.4, -0.2) is 88.2 Å². The summed E-state index contributed by atoms with van der Waals surface area (Å²) in [6.07, 6.45) is -7.20. The molecule has 25 heavy (non-hydrogen) atoms. The van der Waals surface area contributed by atoms with E-state index < -0.39 is 67.1 Å². The predicted molar refractivity (Wildman–Crippen MR) is 78.7 cm³/mol. The molecule has 0 radical (unpaired) electrons. The summed E-state index contributed by atoms with van der Waals surface area (Å²) >= 11 is 0. The summed E-state index contributed by atoms with van der Waals surface area (Å²) in [5.41, 5.74) is 0. The van der Waals surface area contributed by atoms with E-state index >= 15 is 0 Å². The van der Waals surface area contributed by atoms with Crippen molar-refractivity contribution in [3.05, 3.63) is 0 Å². The molecule has 1 rings (SSSR count). The first kappa shape index (κ1) is 21.3. The average Bonchev–Trinajstić information content (AvgIpc) is 2.53. The van der Waals surface area contributed by atoms with E-state index in [2.05, 4.69) is 10.1 Å². The van der Waals surface area contributed by atoms with Crippen LogP contribution >= 0.6 is 0 Å². The Hall–Kier alpha value is -1.79. The lowest BCUT2D eigenvalue weighted by Crippen LogP contribution is -2.68. The van der Waals surface area contributed by atoms with Gasteiger partial charge in [-0.1, -0.05) is 0 Å². The number of hydrogen-bond acceptors (Lipinski definition) is 10. The Bertz CT molecular complexity index is 512. The highest BCUT2D eigenvalue weighted by Gasteiger charge is 2.57. The van der Waals surface area contributed by atoms with Gasteiger partial charge in [-0.15, -0.1) is 0 Å². The lowest BCUT2D eigenvalue weighted by Gasteiger charge is -2.46. The van der Waals surface area contributed by atoms with Gasteiger partial charge in [0.2, 0.25) is 5.91 Å². The van der Waals surface area contributed by atoms with Crippen molar-refractivity contribution < 1.29 is 49.0 Å². The van der Waals surface area contributed by atoms with Crippen molar-refractivity contribution in [2.75, 3.05) is 13.7 Å². The normalized spacial score (nSPS) is 31.6. The fourth-order valence-electron chi connectivity index (χ4n) is 2.61. The van der Waals surface area contributed by atoms with Gasteiger partial charge in [-0.05, 0) is 0 Å². The van der Waals surface area contributed by atoms with Crippen LogP contribution in [0.5, 0.6) is 0 Å². The Kier molecular flexibility index (Phi) is 7.26. The van der Waals surface area contributed by atoms with Gasteiger partial charge in [-0.25, -0.2) is 4.79 Å². The molecule has 0 aromatic carbocycles. The van der Waals surface area contributed by atoms with E-state index in [4.69, 9.17) is 14.6 Å². The number of esters is 2. The van der Waals surface area contributed by atoms with Crippen molar-refractivity contribution in [2.24, 2.45) is 0 Å². The van der Waals surface area contributed by atoms with Crippen LogP contribution in [0.15, 0.2) is 0 Å². The first-order valence-corrected chi connectivity index (χ1v) is 7.46. The molecule has 1 aliphatic heterocycles. The number of carbonyl (C=O) groups is 3. The summed E-state index contributed by atoms with van der Waals surface area (Å²) in [5, 5.41) is 41.5. The number of rotatable bonds is 6. The van der Waals surface area contributed by atoms with Gasteiger partial charge in [0.05, 0.1) is 32.3 Å². The molecule has 1 amide bonds. The number of ether oxygens (including phenoxy) is 3. The minimum absolute atomic E-state index is 0.581. The van der Waals surface area contributed by atoms with Crippen LogP contribution in [0.2, 0.25) is 0 Å². The van der Waals surface area contributed by atoms with Crippen molar-refractivity contribution in [3.8, 4) is 0 Å². The van der Waals surface area contributed by atoms with Gasteiger partial charge in [0.1, 0.15) is 18.3 Å². The maximum atomic E-state index is 12.1. The monoisotopic (exact) mass is 365 g/mol. The number of amides is 1. The standard InChI is InChI=1S/C14H23NO10/c1-6(17)15-10-8(19)4-14(13(22)23-3,24-7(2)18)25-12(10)11(21)9(20)5-16/h8-12,16,19-21H,4-5H2,1-3H3,(H,15,17)/t8-,9+,10+,11+,12+,14-/m0/s1. The first-order chi connectivity index (χ1) is 11.6. The van der Waals surface area contributed by atoms with Crippen molar-refractivity contribution in [3.63, 3.8) is 0 Å². The van der Waals surface area contributed by atoms with Gasteiger partial charge in [0, 0.05) is 13.8 Å². The second kappa shape index (κ2) is 8.54. The van der Waals surface area contributed by atoms with Crippen LogP contribution in [0.4, 0.5) is 0 Å². The molecule has 11 heteroatoms. The third-order valence-electron chi connectivity index (χ3n) is 3.67. The van der Waals surface area contributed by atoms with Gasteiger partial charge >= 0.3 is 17.7 Å². The number of carbonyl (C=O) groups excluding carboxylic acids is 3. The number of aliphatic hydroxyl groups is 4. The van der Waals surface area contributed by atoms with E-state index in [1.807, 2.05) is 0 Å². The minimum atomic E-state index is -2.38. The summed E-state index contributed by atoms with van der Waals surface area (Å²) in [7, 11) is 0.997. The van der Waals surface area contributed by atoms with Crippen molar-refractivity contribution >= 4 is 17.8 Å². The largest absolute Gasteiger partial charge is 0.464 e. The lowest BCUT2D eigenvalue weighted by molar-refractivity contribution is -0.301. The molecule has 5 N–H and O–H groups in total. The second-order valence-electron chi connectivity index (χ2n) is 5.66. The van der Waals surface area contributed by atoms with Crippen molar-refractivity contribution in [1.29, 1.82) is 0 Å².